The molecule has 0 saturated carbocycles. The molecule has 0 unspecified atom stereocenters. The van der Waals surface area contributed by atoms with Crippen LogP contribution in [-0.2, 0) is 11.8 Å². The van der Waals surface area contributed by atoms with Crippen LogP contribution in [0.5, 0.6) is 5.75 Å². The maximum absolute atomic E-state index is 13.4. The zero-order chi connectivity index (χ0) is 14.8. The van der Waals surface area contributed by atoms with Crippen LogP contribution >= 0.6 is 0 Å². The Bertz CT molecular complexity index is 621. The summed E-state index contributed by atoms with van der Waals surface area (Å²) in [5, 5.41) is 12.1. The lowest BCUT2D eigenvalue weighted by Gasteiger charge is -2.25. The molecule has 2 aromatic rings. The van der Waals surface area contributed by atoms with Crippen molar-refractivity contribution < 1.29 is 9.50 Å². The van der Waals surface area contributed by atoms with E-state index in [0.29, 0.717) is 12.1 Å². The molecule has 104 valence electrons. The molecule has 4 heteroatoms. The van der Waals surface area contributed by atoms with E-state index < -0.39 is 5.82 Å². The van der Waals surface area contributed by atoms with Gasteiger partial charge in [-0.3, -0.25) is 0 Å². The lowest BCUT2D eigenvalue weighted by atomic mass is 9.79. The Morgan fingerprint density at radius 3 is 2.35 bits per heavy atom. The number of aromatic hydroxyl groups is 1. The molecule has 2 rings (SSSR count). The molecular formula is C16H16FNO2. The standard InChI is InChI=1S/C16H16FNO2/c1-16(2,12-4-6-13(18-20)7-5-12)10-11-3-8-15(19)14(17)9-11/h3-9,19H,10H2,1-2H3. The summed E-state index contributed by atoms with van der Waals surface area (Å²) in [7, 11) is 0. The zero-order valence-corrected chi connectivity index (χ0v) is 11.4. The van der Waals surface area contributed by atoms with E-state index in [4.69, 9.17) is 0 Å². The highest BCUT2D eigenvalue weighted by Gasteiger charge is 2.21. The molecule has 0 radical (unpaired) electrons. The van der Waals surface area contributed by atoms with Gasteiger partial charge in [0, 0.05) is 0 Å². The van der Waals surface area contributed by atoms with Gasteiger partial charge in [0.05, 0.1) is 0 Å². The van der Waals surface area contributed by atoms with Gasteiger partial charge in [-0.05, 0) is 52.4 Å². The van der Waals surface area contributed by atoms with Gasteiger partial charge in [-0.15, -0.1) is 4.91 Å². The van der Waals surface area contributed by atoms with Crippen molar-refractivity contribution in [3.8, 4) is 5.75 Å². The highest BCUT2D eigenvalue weighted by Crippen LogP contribution is 2.30. The van der Waals surface area contributed by atoms with Crippen LogP contribution in [0, 0.1) is 10.7 Å². The van der Waals surface area contributed by atoms with E-state index in [1.165, 1.54) is 12.1 Å². The van der Waals surface area contributed by atoms with E-state index in [1.54, 1.807) is 18.2 Å². The highest BCUT2D eigenvalue weighted by molar-refractivity contribution is 5.41. The van der Waals surface area contributed by atoms with Crippen molar-refractivity contribution in [2.75, 3.05) is 0 Å². The molecule has 3 nitrogen and oxygen atoms in total. The minimum Gasteiger partial charge on any atom is -0.505 e. The first kappa shape index (κ1) is 14.2. The van der Waals surface area contributed by atoms with Crippen LogP contribution in [0.1, 0.15) is 25.0 Å². The summed E-state index contributed by atoms with van der Waals surface area (Å²) in [6, 6.07) is 11.5. The van der Waals surface area contributed by atoms with Crippen molar-refractivity contribution in [1.82, 2.24) is 0 Å². The number of halogens is 1. The van der Waals surface area contributed by atoms with E-state index >= 15 is 0 Å². The van der Waals surface area contributed by atoms with Crippen LogP contribution in [0.2, 0.25) is 0 Å². The van der Waals surface area contributed by atoms with Crippen LogP contribution in [-0.4, -0.2) is 5.11 Å². The SMILES string of the molecule is CC(C)(Cc1ccc(O)c(F)c1)c1ccc(N=O)cc1. The summed E-state index contributed by atoms with van der Waals surface area (Å²) < 4.78 is 13.4. The minimum absolute atomic E-state index is 0.217. The molecule has 0 aromatic heterocycles. The van der Waals surface area contributed by atoms with Gasteiger partial charge in [0.25, 0.3) is 0 Å². The third kappa shape index (κ3) is 3.02. The van der Waals surface area contributed by atoms with Gasteiger partial charge >= 0.3 is 0 Å². The molecule has 0 atom stereocenters. The molecule has 0 aliphatic rings. The van der Waals surface area contributed by atoms with Crippen LogP contribution in [0.3, 0.4) is 0 Å². The van der Waals surface area contributed by atoms with Crippen molar-refractivity contribution in [2.24, 2.45) is 5.18 Å². The van der Waals surface area contributed by atoms with Crippen molar-refractivity contribution in [1.29, 1.82) is 0 Å². The number of rotatable bonds is 4. The maximum Gasteiger partial charge on any atom is 0.165 e. The van der Waals surface area contributed by atoms with Gasteiger partial charge in [-0.2, -0.15) is 0 Å². The molecule has 0 aliphatic heterocycles. The van der Waals surface area contributed by atoms with E-state index in [0.717, 1.165) is 11.1 Å². The van der Waals surface area contributed by atoms with E-state index in [9.17, 15) is 14.4 Å². The lowest BCUT2D eigenvalue weighted by Crippen LogP contribution is -2.20. The molecule has 0 amide bonds. The summed E-state index contributed by atoms with van der Waals surface area (Å²) in [5.41, 5.74) is 2.02. The number of nitrogens with zero attached hydrogens (tertiary/aromatic N) is 1. The van der Waals surface area contributed by atoms with Crippen molar-refractivity contribution in [3.63, 3.8) is 0 Å². The number of phenols is 1. The van der Waals surface area contributed by atoms with Crippen LogP contribution in [0.4, 0.5) is 10.1 Å². The molecule has 0 fully saturated rings. The lowest BCUT2D eigenvalue weighted by molar-refractivity contribution is 0.430. The number of phenolic OH excluding ortho intramolecular Hbond substituents is 1. The van der Waals surface area contributed by atoms with Crippen LogP contribution in [0.25, 0.3) is 0 Å². The average molecular weight is 273 g/mol. The summed E-state index contributed by atoms with van der Waals surface area (Å²) in [6.45, 7) is 4.09. The number of hydrogen-bond acceptors (Lipinski definition) is 3. The van der Waals surface area contributed by atoms with Gasteiger partial charge in [-0.25, -0.2) is 4.39 Å². The molecule has 0 saturated heterocycles. The predicted octanol–water partition coefficient (Wildman–Crippen LogP) is 4.45. The number of hydrogen-bond donors (Lipinski definition) is 1. The van der Waals surface area contributed by atoms with E-state index in [1.807, 2.05) is 26.0 Å². The van der Waals surface area contributed by atoms with Crippen molar-refractivity contribution >= 4 is 5.69 Å². The molecule has 20 heavy (non-hydrogen) atoms. The summed E-state index contributed by atoms with van der Waals surface area (Å²) in [5.74, 6) is -0.952. The molecule has 2 aromatic carbocycles. The first-order valence-corrected chi connectivity index (χ1v) is 6.34. The molecule has 0 bridgehead atoms. The van der Waals surface area contributed by atoms with Crippen molar-refractivity contribution in [3.05, 3.63) is 64.3 Å². The quantitative estimate of drug-likeness (QED) is 0.837. The van der Waals surface area contributed by atoms with Gasteiger partial charge in [0.2, 0.25) is 0 Å². The Kier molecular flexibility index (Phi) is 3.84. The Morgan fingerprint density at radius 1 is 1.15 bits per heavy atom. The van der Waals surface area contributed by atoms with E-state index in [2.05, 4.69) is 5.18 Å². The first-order chi connectivity index (χ1) is 9.42. The number of nitroso groups, excluding NO2 is 1. The summed E-state index contributed by atoms with van der Waals surface area (Å²) >= 11 is 0. The van der Waals surface area contributed by atoms with Crippen molar-refractivity contribution in [2.45, 2.75) is 25.7 Å². The van der Waals surface area contributed by atoms with Crippen LogP contribution in [0.15, 0.2) is 47.6 Å². The molecule has 0 heterocycles. The Hall–Kier alpha value is -2.23. The topological polar surface area (TPSA) is 49.7 Å². The molecule has 0 spiro atoms. The van der Waals surface area contributed by atoms with Gasteiger partial charge in [0.15, 0.2) is 11.6 Å². The monoisotopic (exact) mass is 273 g/mol. The zero-order valence-electron chi connectivity index (χ0n) is 11.4. The predicted molar refractivity (Wildman–Crippen MR) is 76.7 cm³/mol. The maximum atomic E-state index is 13.4. The summed E-state index contributed by atoms with van der Waals surface area (Å²) in [4.78, 5) is 10.4. The largest absolute Gasteiger partial charge is 0.505 e. The fraction of sp³-hybridized carbons (Fsp3) is 0.250. The fourth-order valence-electron chi connectivity index (χ4n) is 2.25. The second-order valence-electron chi connectivity index (χ2n) is 5.48. The first-order valence-electron chi connectivity index (χ1n) is 6.34. The third-order valence-electron chi connectivity index (χ3n) is 3.41. The third-order valence-corrected chi connectivity index (χ3v) is 3.41. The molecular weight excluding hydrogens is 257 g/mol. The normalized spacial score (nSPS) is 11.3. The Balaban J connectivity index is 2.24. The van der Waals surface area contributed by atoms with Crippen LogP contribution < -0.4 is 0 Å². The van der Waals surface area contributed by atoms with E-state index in [-0.39, 0.29) is 11.2 Å². The number of benzene rings is 2. The summed E-state index contributed by atoms with van der Waals surface area (Å²) in [6.07, 6.45) is 0.623. The Labute approximate surface area is 117 Å². The second-order valence-corrected chi connectivity index (χ2v) is 5.48. The smallest absolute Gasteiger partial charge is 0.165 e. The molecule has 0 aliphatic carbocycles. The second kappa shape index (κ2) is 5.41. The van der Waals surface area contributed by atoms with Gasteiger partial charge in [0.1, 0.15) is 5.69 Å². The fourth-order valence-corrected chi connectivity index (χ4v) is 2.25. The molecule has 1 N–H and O–H groups in total. The minimum atomic E-state index is -0.612. The Morgan fingerprint density at radius 2 is 1.80 bits per heavy atom. The highest BCUT2D eigenvalue weighted by atomic mass is 19.1. The van der Waals surface area contributed by atoms with Gasteiger partial charge < -0.3 is 5.11 Å². The van der Waals surface area contributed by atoms with Gasteiger partial charge in [-0.1, -0.05) is 32.0 Å². The average Bonchev–Trinajstić information content (AvgIpc) is 2.43.